The van der Waals surface area contributed by atoms with Crippen molar-refractivity contribution < 1.29 is 9.53 Å². The minimum absolute atomic E-state index is 0.0121. The third kappa shape index (κ3) is 3.76. The monoisotopic (exact) mass is 336 g/mol. The molecule has 0 fully saturated rings. The van der Waals surface area contributed by atoms with Crippen LogP contribution in [0.25, 0.3) is 5.65 Å². The molecule has 0 aliphatic carbocycles. The fourth-order valence-electron chi connectivity index (χ4n) is 2.80. The number of carbonyl (C=O) groups is 1. The lowest BCUT2D eigenvalue weighted by Crippen LogP contribution is -2.19. The highest BCUT2D eigenvalue weighted by molar-refractivity contribution is 5.78. The van der Waals surface area contributed by atoms with Crippen molar-refractivity contribution in [2.24, 2.45) is 0 Å². The van der Waals surface area contributed by atoms with E-state index >= 15 is 0 Å². The van der Waals surface area contributed by atoms with Crippen LogP contribution in [0, 0.1) is 6.92 Å². The molecule has 0 amide bonds. The third-order valence-corrected chi connectivity index (χ3v) is 4.12. The summed E-state index contributed by atoms with van der Waals surface area (Å²) in [5.74, 6) is -0.620. The minimum atomic E-state index is -0.314. The lowest BCUT2D eigenvalue weighted by molar-refractivity contribution is -0.147. The second kappa shape index (κ2) is 7.30. The summed E-state index contributed by atoms with van der Waals surface area (Å²) in [6.45, 7) is 3.85. The number of hydrogen-bond acceptors (Lipinski definition) is 4. The van der Waals surface area contributed by atoms with Crippen molar-refractivity contribution in [1.82, 2.24) is 9.38 Å². The second-order valence-corrected chi connectivity index (χ2v) is 6.00. The molecule has 2 aromatic heterocycles. The maximum absolute atomic E-state index is 12.4. The Hall–Kier alpha value is -2.95. The van der Waals surface area contributed by atoms with E-state index in [9.17, 15) is 9.59 Å². The molecular formula is C20H20N2O3. The SMILES string of the molecule is CC[C@H](C(=O)OCc1cc(=O)n2cc(C)ccc2n1)c1ccccc1. The normalized spacial score (nSPS) is 12.1. The average molecular weight is 336 g/mol. The van der Waals surface area contributed by atoms with Crippen LogP contribution in [0.2, 0.25) is 0 Å². The van der Waals surface area contributed by atoms with Gasteiger partial charge in [0.05, 0.1) is 11.6 Å². The van der Waals surface area contributed by atoms with Gasteiger partial charge in [0.1, 0.15) is 12.3 Å². The topological polar surface area (TPSA) is 60.7 Å². The molecule has 1 aromatic carbocycles. The first-order chi connectivity index (χ1) is 12.1. The molecule has 0 N–H and O–H groups in total. The Morgan fingerprint density at radius 2 is 1.96 bits per heavy atom. The van der Waals surface area contributed by atoms with E-state index in [1.807, 2.05) is 50.2 Å². The van der Waals surface area contributed by atoms with E-state index in [1.54, 1.807) is 12.3 Å². The zero-order valence-electron chi connectivity index (χ0n) is 14.3. The van der Waals surface area contributed by atoms with Gasteiger partial charge < -0.3 is 4.74 Å². The molecule has 5 nitrogen and oxygen atoms in total. The van der Waals surface area contributed by atoms with Gasteiger partial charge in [0, 0.05) is 12.3 Å². The molecule has 1 atom stereocenters. The number of fused-ring (bicyclic) bond motifs is 1. The number of esters is 1. The highest BCUT2D eigenvalue weighted by Crippen LogP contribution is 2.21. The molecule has 0 saturated carbocycles. The zero-order valence-corrected chi connectivity index (χ0v) is 14.3. The predicted molar refractivity (Wildman–Crippen MR) is 95.5 cm³/mol. The Labute approximate surface area is 145 Å². The Bertz CT molecular complexity index is 948. The molecule has 25 heavy (non-hydrogen) atoms. The molecule has 0 aliphatic heterocycles. The molecule has 0 unspecified atom stereocenters. The fraction of sp³-hybridized carbons (Fsp3) is 0.250. The van der Waals surface area contributed by atoms with E-state index in [0.717, 1.165) is 11.1 Å². The number of pyridine rings is 1. The molecule has 0 spiro atoms. The smallest absolute Gasteiger partial charge is 0.313 e. The standard InChI is InChI=1S/C20H20N2O3/c1-3-17(15-7-5-4-6-8-15)20(24)25-13-16-11-19(23)22-12-14(2)9-10-18(22)21-16/h4-12,17H,3,13H2,1-2H3/t17-/m0/s1. The van der Waals surface area contributed by atoms with Crippen LogP contribution in [0.4, 0.5) is 0 Å². The maximum Gasteiger partial charge on any atom is 0.313 e. The van der Waals surface area contributed by atoms with E-state index in [1.165, 1.54) is 10.5 Å². The van der Waals surface area contributed by atoms with Gasteiger partial charge in [-0.3, -0.25) is 14.0 Å². The highest BCUT2D eigenvalue weighted by atomic mass is 16.5. The van der Waals surface area contributed by atoms with Gasteiger partial charge in [0.25, 0.3) is 5.56 Å². The lowest BCUT2D eigenvalue weighted by atomic mass is 9.97. The molecule has 128 valence electrons. The van der Waals surface area contributed by atoms with Crippen LogP contribution in [0.1, 0.15) is 36.1 Å². The highest BCUT2D eigenvalue weighted by Gasteiger charge is 2.20. The van der Waals surface area contributed by atoms with Gasteiger partial charge >= 0.3 is 5.97 Å². The Balaban J connectivity index is 1.77. The summed E-state index contributed by atoms with van der Waals surface area (Å²) in [5, 5.41) is 0. The Morgan fingerprint density at radius 3 is 2.68 bits per heavy atom. The van der Waals surface area contributed by atoms with Crippen molar-refractivity contribution in [3.05, 3.63) is 81.9 Å². The number of rotatable bonds is 5. The van der Waals surface area contributed by atoms with Gasteiger partial charge in [-0.25, -0.2) is 4.98 Å². The summed E-state index contributed by atoms with van der Waals surface area (Å²) in [4.78, 5) is 29.0. The van der Waals surface area contributed by atoms with Crippen LogP contribution in [0.5, 0.6) is 0 Å². The second-order valence-electron chi connectivity index (χ2n) is 6.00. The van der Waals surface area contributed by atoms with Crippen LogP contribution in [0.3, 0.4) is 0 Å². The van der Waals surface area contributed by atoms with Crippen molar-refractivity contribution in [2.45, 2.75) is 32.8 Å². The predicted octanol–water partition coefficient (Wildman–Crippen LogP) is 3.24. The first-order valence-electron chi connectivity index (χ1n) is 8.29. The molecule has 3 aromatic rings. The number of aromatic nitrogens is 2. The van der Waals surface area contributed by atoms with E-state index in [4.69, 9.17) is 4.74 Å². The van der Waals surface area contributed by atoms with Gasteiger partial charge in [-0.15, -0.1) is 0 Å². The van der Waals surface area contributed by atoms with E-state index in [0.29, 0.717) is 17.8 Å². The van der Waals surface area contributed by atoms with Gasteiger partial charge in [-0.2, -0.15) is 0 Å². The van der Waals surface area contributed by atoms with Gasteiger partial charge in [0.15, 0.2) is 0 Å². The summed E-state index contributed by atoms with van der Waals surface area (Å²) in [6.07, 6.45) is 2.39. The summed E-state index contributed by atoms with van der Waals surface area (Å²) in [7, 11) is 0. The van der Waals surface area contributed by atoms with Crippen LogP contribution < -0.4 is 5.56 Å². The summed E-state index contributed by atoms with van der Waals surface area (Å²) >= 11 is 0. The number of hydrogen-bond donors (Lipinski definition) is 0. The number of benzene rings is 1. The summed E-state index contributed by atoms with van der Waals surface area (Å²) in [6, 6.07) is 14.6. The quantitative estimate of drug-likeness (QED) is 0.671. The first kappa shape index (κ1) is 16.9. The van der Waals surface area contributed by atoms with E-state index in [-0.39, 0.29) is 24.1 Å². The van der Waals surface area contributed by atoms with E-state index in [2.05, 4.69) is 4.98 Å². The molecule has 0 bridgehead atoms. The maximum atomic E-state index is 12.4. The number of carbonyl (C=O) groups excluding carboxylic acids is 1. The van der Waals surface area contributed by atoms with Crippen molar-refractivity contribution in [2.75, 3.05) is 0 Å². The lowest BCUT2D eigenvalue weighted by Gasteiger charge is -2.14. The molecule has 3 rings (SSSR count). The van der Waals surface area contributed by atoms with Crippen LogP contribution >= 0.6 is 0 Å². The van der Waals surface area contributed by atoms with Crippen molar-refractivity contribution in [1.29, 1.82) is 0 Å². The molecule has 0 radical (unpaired) electrons. The van der Waals surface area contributed by atoms with Crippen LogP contribution in [-0.4, -0.2) is 15.4 Å². The zero-order chi connectivity index (χ0) is 17.8. The van der Waals surface area contributed by atoms with Crippen molar-refractivity contribution in [3.8, 4) is 0 Å². The minimum Gasteiger partial charge on any atom is -0.459 e. The van der Waals surface area contributed by atoms with Gasteiger partial charge in [0.2, 0.25) is 0 Å². The Kier molecular flexibility index (Phi) is 4.93. The molecule has 2 heterocycles. The first-order valence-corrected chi connectivity index (χ1v) is 8.29. The van der Waals surface area contributed by atoms with Crippen molar-refractivity contribution >= 4 is 11.6 Å². The third-order valence-electron chi connectivity index (χ3n) is 4.12. The van der Waals surface area contributed by atoms with Gasteiger partial charge in [-0.05, 0) is 30.5 Å². The van der Waals surface area contributed by atoms with E-state index < -0.39 is 0 Å². The van der Waals surface area contributed by atoms with Crippen LogP contribution in [0.15, 0.2) is 59.5 Å². The number of nitrogens with zero attached hydrogens (tertiary/aromatic N) is 2. The number of aryl methyl sites for hydroxylation is 1. The summed E-state index contributed by atoms with van der Waals surface area (Å²) in [5.41, 5.74) is 2.71. The summed E-state index contributed by atoms with van der Waals surface area (Å²) < 4.78 is 6.90. The Morgan fingerprint density at radius 1 is 1.20 bits per heavy atom. The van der Waals surface area contributed by atoms with Crippen LogP contribution in [-0.2, 0) is 16.1 Å². The average Bonchev–Trinajstić information content (AvgIpc) is 2.62. The fourth-order valence-corrected chi connectivity index (χ4v) is 2.80. The molecule has 0 saturated heterocycles. The van der Waals surface area contributed by atoms with Gasteiger partial charge in [-0.1, -0.05) is 43.3 Å². The largest absolute Gasteiger partial charge is 0.459 e. The molecule has 5 heteroatoms. The number of ether oxygens (including phenoxy) is 1. The molecule has 0 aliphatic rings. The van der Waals surface area contributed by atoms with Crippen molar-refractivity contribution in [3.63, 3.8) is 0 Å². The molecular weight excluding hydrogens is 316 g/mol.